The Labute approximate surface area is 139 Å². The zero-order valence-corrected chi connectivity index (χ0v) is 13.8. The van der Waals surface area contributed by atoms with Crippen molar-refractivity contribution in [1.29, 1.82) is 0 Å². The van der Waals surface area contributed by atoms with Gasteiger partial charge in [0.05, 0.1) is 6.04 Å². The van der Waals surface area contributed by atoms with Crippen LogP contribution in [0.15, 0.2) is 35.8 Å². The SMILES string of the molecule is O=C(NC1CCc2ccccc21)N1CCN(c2nccs2)CC1. The fourth-order valence-electron chi connectivity index (χ4n) is 3.42. The Morgan fingerprint density at radius 2 is 2.04 bits per heavy atom. The molecule has 2 aliphatic rings. The number of aromatic nitrogens is 1. The van der Waals surface area contributed by atoms with Crippen LogP contribution in [0, 0.1) is 0 Å². The lowest BCUT2D eigenvalue weighted by molar-refractivity contribution is 0.190. The Balaban J connectivity index is 1.34. The van der Waals surface area contributed by atoms with E-state index in [1.54, 1.807) is 11.3 Å². The molecule has 2 amide bonds. The molecule has 0 radical (unpaired) electrons. The molecule has 2 heterocycles. The lowest BCUT2D eigenvalue weighted by Gasteiger charge is -2.35. The monoisotopic (exact) mass is 328 g/mol. The second-order valence-corrected chi connectivity index (χ2v) is 6.90. The lowest BCUT2D eigenvalue weighted by atomic mass is 10.1. The Morgan fingerprint density at radius 1 is 1.22 bits per heavy atom. The van der Waals surface area contributed by atoms with Crippen molar-refractivity contribution in [2.75, 3.05) is 31.1 Å². The second-order valence-electron chi connectivity index (χ2n) is 6.03. The molecular weight excluding hydrogens is 308 g/mol. The number of nitrogens with one attached hydrogen (secondary N) is 1. The minimum Gasteiger partial charge on any atom is -0.345 e. The van der Waals surface area contributed by atoms with Gasteiger partial charge < -0.3 is 15.1 Å². The quantitative estimate of drug-likeness (QED) is 0.922. The first-order valence-electron chi connectivity index (χ1n) is 8.09. The molecule has 5 nitrogen and oxygen atoms in total. The Bertz CT molecular complexity index is 680. The molecule has 2 aromatic rings. The molecule has 0 saturated carbocycles. The Kier molecular flexibility index (Phi) is 3.91. The summed E-state index contributed by atoms with van der Waals surface area (Å²) in [5.41, 5.74) is 2.65. The number of hydrogen-bond donors (Lipinski definition) is 1. The molecule has 1 saturated heterocycles. The van der Waals surface area contributed by atoms with E-state index in [2.05, 4.69) is 39.5 Å². The van der Waals surface area contributed by atoms with E-state index in [0.29, 0.717) is 0 Å². The number of rotatable bonds is 2. The molecule has 23 heavy (non-hydrogen) atoms. The van der Waals surface area contributed by atoms with Crippen molar-refractivity contribution >= 4 is 22.5 Å². The number of aryl methyl sites for hydroxylation is 1. The largest absolute Gasteiger partial charge is 0.345 e. The van der Waals surface area contributed by atoms with Crippen molar-refractivity contribution in [3.8, 4) is 0 Å². The van der Waals surface area contributed by atoms with Gasteiger partial charge in [-0.15, -0.1) is 11.3 Å². The zero-order chi connectivity index (χ0) is 15.6. The first-order chi connectivity index (χ1) is 11.3. The van der Waals surface area contributed by atoms with Gasteiger partial charge in [-0.05, 0) is 24.0 Å². The van der Waals surface area contributed by atoms with E-state index in [1.165, 1.54) is 11.1 Å². The number of thiazole rings is 1. The normalized spacial score (nSPS) is 20.4. The van der Waals surface area contributed by atoms with Crippen molar-refractivity contribution in [3.63, 3.8) is 0 Å². The summed E-state index contributed by atoms with van der Waals surface area (Å²) in [5.74, 6) is 0. The van der Waals surface area contributed by atoms with Gasteiger partial charge in [0, 0.05) is 37.8 Å². The van der Waals surface area contributed by atoms with Crippen molar-refractivity contribution in [2.24, 2.45) is 0 Å². The molecule has 1 aliphatic carbocycles. The van der Waals surface area contributed by atoms with Crippen LogP contribution >= 0.6 is 11.3 Å². The van der Waals surface area contributed by atoms with Gasteiger partial charge in [-0.3, -0.25) is 0 Å². The van der Waals surface area contributed by atoms with E-state index in [1.807, 2.05) is 16.5 Å². The van der Waals surface area contributed by atoms with Crippen molar-refractivity contribution in [3.05, 3.63) is 47.0 Å². The van der Waals surface area contributed by atoms with Gasteiger partial charge in [0.1, 0.15) is 0 Å². The highest BCUT2D eigenvalue weighted by atomic mass is 32.1. The van der Waals surface area contributed by atoms with Gasteiger partial charge in [-0.2, -0.15) is 0 Å². The van der Waals surface area contributed by atoms with Crippen LogP contribution in [-0.2, 0) is 6.42 Å². The third-order valence-corrected chi connectivity index (χ3v) is 5.52. The molecule has 6 heteroatoms. The summed E-state index contributed by atoms with van der Waals surface area (Å²) in [6.07, 6.45) is 3.89. The third kappa shape index (κ3) is 2.91. The van der Waals surface area contributed by atoms with Crippen molar-refractivity contribution in [2.45, 2.75) is 18.9 Å². The molecule has 1 aliphatic heterocycles. The molecule has 4 rings (SSSR count). The fourth-order valence-corrected chi connectivity index (χ4v) is 4.12. The number of carbonyl (C=O) groups is 1. The lowest BCUT2D eigenvalue weighted by Crippen LogP contribution is -2.52. The number of urea groups is 1. The molecule has 1 unspecified atom stereocenters. The van der Waals surface area contributed by atoms with E-state index < -0.39 is 0 Å². The standard InChI is InChI=1S/C17H20N4OS/c22-16(19-15-6-5-13-3-1-2-4-14(13)15)20-8-10-21(11-9-20)17-18-7-12-23-17/h1-4,7,12,15H,5-6,8-11H2,(H,19,22). The predicted octanol–water partition coefficient (Wildman–Crippen LogP) is 2.66. The van der Waals surface area contributed by atoms with Crippen LogP contribution in [-0.4, -0.2) is 42.1 Å². The van der Waals surface area contributed by atoms with Gasteiger partial charge >= 0.3 is 6.03 Å². The van der Waals surface area contributed by atoms with E-state index in [9.17, 15) is 4.79 Å². The molecule has 1 N–H and O–H groups in total. The number of fused-ring (bicyclic) bond motifs is 1. The van der Waals surface area contributed by atoms with Gasteiger partial charge in [0.25, 0.3) is 0 Å². The van der Waals surface area contributed by atoms with Crippen LogP contribution in [0.25, 0.3) is 0 Å². The molecule has 0 spiro atoms. The number of amides is 2. The fraction of sp³-hybridized carbons (Fsp3) is 0.412. The number of carbonyl (C=O) groups excluding carboxylic acids is 1. The summed E-state index contributed by atoms with van der Waals surface area (Å²) in [4.78, 5) is 21.1. The van der Waals surface area contributed by atoms with Crippen molar-refractivity contribution < 1.29 is 4.79 Å². The zero-order valence-electron chi connectivity index (χ0n) is 12.9. The summed E-state index contributed by atoms with van der Waals surface area (Å²) in [7, 11) is 0. The van der Waals surface area contributed by atoms with Crippen LogP contribution in [0.1, 0.15) is 23.6 Å². The first-order valence-corrected chi connectivity index (χ1v) is 8.97. The van der Waals surface area contributed by atoms with Gasteiger partial charge in [-0.1, -0.05) is 24.3 Å². The van der Waals surface area contributed by atoms with E-state index in [-0.39, 0.29) is 12.1 Å². The van der Waals surface area contributed by atoms with E-state index in [4.69, 9.17) is 0 Å². The second kappa shape index (κ2) is 6.20. The van der Waals surface area contributed by atoms with Crippen LogP contribution < -0.4 is 10.2 Å². The minimum absolute atomic E-state index is 0.0606. The summed E-state index contributed by atoms with van der Waals surface area (Å²) < 4.78 is 0. The van der Waals surface area contributed by atoms with Gasteiger partial charge in [0.15, 0.2) is 5.13 Å². The van der Waals surface area contributed by atoms with Gasteiger partial charge in [0.2, 0.25) is 0 Å². The number of piperazine rings is 1. The van der Waals surface area contributed by atoms with Gasteiger partial charge in [-0.25, -0.2) is 9.78 Å². The van der Waals surface area contributed by atoms with E-state index in [0.717, 1.165) is 44.2 Å². The molecule has 1 aromatic heterocycles. The Morgan fingerprint density at radius 3 is 2.83 bits per heavy atom. The highest BCUT2D eigenvalue weighted by Crippen LogP contribution is 2.30. The summed E-state index contributed by atoms with van der Waals surface area (Å²) in [5, 5.41) is 6.25. The maximum absolute atomic E-state index is 12.5. The smallest absolute Gasteiger partial charge is 0.318 e. The molecule has 0 bridgehead atoms. The minimum atomic E-state index is 0.0606. The van der Waals surface area contributed by atoms with Crippen LogP contribution in [0.4, 0.5) is 9.93 Å². The molecule has 1 fully saturated rings. The first kappa shape index (κ1) is 14.5. The average Bonchev–Trinajstić information content (AvgIpc) is 3.25. The summed E-state index contributed by atoms with van der Waals surface area (Å²) >= 11 is 1.65. The van der Waals surface area contributed by atoms with Crippen LogP contribution in [0.3, 0.4) is 0 Å². The third-order valence-electron chi connectivity index (χ3n) is 4.69. The predicted molar refractivity (Wildman–Crippen MR) is 91.9 cm³/mol. The maximum atomic E-state index is 12.5. The van der Waals surface area contributed by atoms with E-state index >= 15 is 0 Å². The summed E-state index contributed by atoms with van der Waals surface area (Å²) in [6, 6.07) is 8.64. The number of nitrogens with zero attached hydrogens (tertiary/aromatic N) is 3. The molecule has 1 atom stereocenters. The maximum Gasteiger partial charge on any atom is 0.318 e. The summed E-state index contributed by atoms with van der Waals surface area (Å²) in [6.45, 7) is 3.20. The average molecular weight is 328 g/mol. The number of benzene rings is 1. The topological polar surface area (TPSA) is 48.5 Å². The van der Waals surface area contributed by atoms with Crippen LogP contribution in [0.5, 0.6) is 0 Å². The van der Waals surface area contributed by atoms with Crippen molar-refractivity contribution in [1.82, 2.24) is 15.2 Å². The molecule has 1 aromatic carbocycles. The van der Waals surface area contributed by atoms with Crippen LogP contribution in [0.2, 0.25) is 0 Å². The Hall–Kier alpha value is -2.08. The number of anilines is 1. The number of hydrogen-bond acceptors (Lipinski definition) is 4. The molecule has 120 valence electrons. The molecular formula is C17H20N4OS. The highest BCUT2D eigenvalue weighted by molar-refractivity contribution is 7.13. The highest BCUT2D eigenvalue weighted by Gasteiger charge is 2.27.